The molecule has 0 saturated carbocycles. The Bertz CT molecular complexity index is 654. The molecule has 1 aromatic carbocycles. The monoisotopic (exact) mass is 429 g/mol. The van der Waals surface area contributed by atoms with E-state index < -0.39 is 0 Å². The van der Waals surface area contributed by atoms with Crippen molar-refractivity contribution in [3.05, 3.63) is 18.2 Å². The molecule has 0 aliphatic carbocycles. The molecule has 3 saturated heterocycles. The van der Waals surface area contributed by atoms with E-state index in [2.05, 4.69) is 32.9 Å². The van der Waals surface area contributed by atoms with Crippen molar-refractivity contribution in [3.63, 3.8) is 0 Å². The topological polar surface area (TPSA) is 28.2 Å². The van der Waals surface area contributed by atoms with E-state index in [1.165, 1.54) is 96.2 Å². The number of methoxy groups -OCH3 is 1. The minimum absolute atomic E-state index is 0.604. The highest BCUT2D eigenvalue weighted by atomic mass is 16.5. The van der Waals surface area contributed by atoms with Crippen LogP contribution in [0, 0.1) is 0 Å². The summed E-state index contributed by atoms with van der Waals surface area (Å²) in [5.74, 6) is 1.89. The number of hydrogen-bond acceptors (Lipinski definition) is 5. The minimum atomic E-state index is 0.604. The van der Waals surface area contributed by atoms with Crippen LogP contribution in [0.5, 0.6) is 11.5 Å². The lowest BCUT2D eigenvalue weighted by Gasteiger charge is -2.34. The quantitative estimate of drug-likeness (QED) is 0.526. The SMILES string of the molecule is COc1cc(OCCCN2CCCCCC2)ccc1N1CCCC1CN1CCCCC1. The summed E-state index contributed by atoms with van der Waals surface area (Å²) in [5.41, 5.74) is 1.24. The molecular formula is C26H43N3O2. The van der Waals surface area contributed by atoms with Gasteiger partial charge >= 0.3 is 0 Å². The molecule has 0 amide bonds. The van der Waals surface area contributed by atoms with Crippen molar-refractivity contribution in [2.45, 2.75) is 70.3 Å². The summed E-state index contributed by atoms with van der Waals surface area (Å²) >= 11 is 0. The third kappa shape index (κ3) is 6.52. The molecule has 1 aromatic rings. The standard InChI is InChI=1S/C26H43N3O2/c1-30-26-21-24(31-20-10-18-27-14-5-2-3-6-15-27)12-13-25(26)29-19-9-11-23(29)22-28-16-7-4-8-17-28/h12-13,21,23H,2-11,14-20,22H2,1H3. The lowest BCUT2D eigenvalue weighted by atomic mass is 10.1. The van der Waals surface area contributed by atoms with E-state index in [-0.39, 0.29) is 0 Å². The van der Waals surface area contributed by atoms with E-state index >= 15 is 0 Å². The molecule has 0 radical (unpaired) electrons. The number of hydrogen-bond donors (Lipinski definition) is 0. The number of rotatable bonds is 9. The van der Waals surface area contributed by atoms with E-state index in [0.29, 0.717) is 6.04 Å². The first-order valence-electron chi connectivity index (χ1n) is 12.9. The van der Waals surface area contributed by atoms with Crippen LogP contribution < -0.4 is 14.4 Å². The summed E-state index contributed by atoms with van der Waals surface area (Å²) in [6.07, 6.45) is 13.3. The Morgan fingerprint density at radius 1 is 0.839 bits per heavy atom. The van der Waals surface area contributed by atoms with Gasteiger partial charge in [-0.25, -0.2) is 0 Å². The number of benzene rings is 1. The molecule has 0 aromatic heterocycles. The zero-order chi connectivity index (χ0) is 21.3. The Kier molecular flexibility index (Phi) is 8.77. The predicted octanol–water partition coefficient (Wildman–Crippen LogP) is 4.79. The molecule has 4 rings (SSSR count). The zero-order valence-corrected chi connectivity index (χ0v) is 19.7. The maximum atomic E-state index is 6.10. The molecule has 0 N–H and O–H groups in total. The molecule has 31 heavy (non-hydrogen) atoms. The summed E-state index contributed by atoms with van der Waals surface area (Å²) in [4.78, 5) is 7.85. The van der Waals surface area contributed by atoms with Crippen molar-refractivity contribution in [2.75, 3.05) is 64.4 Å². The molecule has 5 nitrogen and oxygen atoms in total. The normalized spacial score (nSPS) is 23.6. The third-order valence-electron chi connectivity index (χ3n) is 7.34. The van der Waals surface area contributed by atoms with Gasteiger partial charge in [-0.1, -0.05) is 19.3 Å². The molecule has 1 atom stereocenters. The third-order valence-corrected chi connectivity index (χ3v) is 7.34. The molecule has 3 aliphatic heterocycles. The van der Waals surface area contributed by atoms with E-state index in [1.54, 1.807) is 7.11 Å². The van der Waals surface area contributed by atoms with Gasteiger partial charge < -0.3 is 24.2 Å². The zero-order valence-electron chi connectivity index (χ0n) is 19.7. The Balaban J connectivity index is 1.29. The highest BCUT2D eigenvalue weighted by Gasteiger charge is 2.29. The van der Waals surface area contributed by atoms with Gasteiger partial charge in [0.25, 0.3) is 0 Å². The highest BCUT2D eigenvalue weighted by Crippen LogP contribution is 2.36. The second-order valence-electron chi connectivity index (χ2n) is 9.64. The van der Waals surface area contributed by atoms with Crippen molar-refractivity contribution in [1.29, 1.82) is 0 Å². The molecule has 0 spiro atoms. The maximum Gasteiger partial charge on any atom is 0.145 e. The second kappa shape index (κ2) is 12.0. The van der Waals surface area contributed by atoms with Gasteiger partial charge in [0.15, 0.2) is 0 Å². The summed E-state index contributed by atoms with van der Waals surface area (Å²) in [7, 11) is 1.79. The fourth-order valence-corrected chi connectivity index (χ4v) is 5.61. The molecule has 174 valence electrons. The van der Waals surface area contributed by atoms with Crippen LogP contribution in [-0.2, 0) is 0 Å². The first kappa shape index (κ1) is 22.7. The van der Waals surface area contributed by atoms with Crippen LogP contribution >= 0.6 is 0 Å². The molecule has 3 aliphatic rings. The Morgan fingerprint density at radius 2 is 1.55 bits per heavy atom. The Morgan fingerprint density at radius 3 is 2.29 bits per heavy atom. The van der Waals surface area contributed by atoms with Crippen molar-refractivity contribution in [3.8, 4) is 11.5 Å². The van der Waals surface area contributed by atoms with Crippen LogP contribution in [0.15, 0.2) is 18.2 Å². The second-order valence-corrected chi connectivity index (χ2v) is 9.64. The minimum Gasteiger partial charge on any atom is -0.494 e. The predicted molar refractivity (Wildman–Crippen MR) is 129 cm³/mol. The van der Waals surface area contributed by atoms with E-state index in [9.17, 15) is 0 Å². The summed E-state index contributed by atoms with van der Waals surface area (Å²) in [5, 5.41) is 0. The molecular weight excluding hydrogens is 386 g/mol. The molecule has 1 unspecified atom stereocenters. The van der Waals surface area contributed by atoms with Crippen LogP contribution in [0.1, 0.15) is 64.2 Å². The summed E-state index contributed by atoms with van der Waals surface area (Å²) < 4.78 is 11.9. The number of nitrogens with zero attached hydrogens (tertiary/aromatic N) is 3. The number of ether oxygens (including phenoxy) is 2. The van der Waals surface area contributed by atoms with Gasteiger partial charge in [0, 0.05) is 31.7 Å². The fourth-order valence-electron chi connectivity index (χ4n) is 5.61. The van der Waals surface area contributed by atoms with E-state index in [4.69, 9.17) is 9.47 Å². The molecule has 0 bridgehead atoms. The van der Waals surface area contributed by atoms with Crippen molar-refractivity contribution >= 4 is 5.69 Å². The van der Waals surface area contributed by atoms with Gasteiger partial charge in [-0.3, -0.25) is 0 Å². The first-order valence-corrected chi connectivity index (χ1v) is 12.9. The van der Waals surface area contributed by atoms with Crippen molar-refractivity contribution in [1.82, 2.24) is 9.80 Å². The average molecular weight is 430 g/mol. The van der Waals surface area contributed by atoms with Gasteiger partial charge in [-0.15, -0.1) is 0 Å². The van der Waals surface area contributed by atoms with Gasteiger partial charge in [-0.2, -0.15) is 0 Å². The summed E-state index contributed by atoms with van der Waals surface area (Å²) in [6.45, 7) is 9.32. The van der Waals surface area contributed by atoms with Gasteiger partial charge in [0.05, 0.1) is 19.4 Å². The van der Waals surface area contributed by atoms with Crippen LogP contribution in [0.3, 0.4) is 0 Å². The smallest absolute Gasteiger partial charge is 0.145 e. The van der Waals surface area contributed by atoms with Crippen LogP contribution in [0.4, 0.5) is 5.69 Å². The maximum absolute atomic E-state index is 6.10. The number of likely N-dealkylation sites (tertiary alicyclic amines) is 2. The molecule has 3 fully saturated rings. The van der Waals surface area contributed by atoms with Gasteiger partial charge in [-0.05, 0) is 83.3 Å². The first-order chi connectivity index (χ1) is 15.3. The van der Waals surface area contributed by atoms with Crippen LogP contribution in [-0.4, -0.2) is 75.4 Å². The van der Waals surface area contributed by atoms with Crippen LogP contribution in [0.25, 0.3) is 0 Å². The van der Waals surface area contributed by atoms with E-state index in [1.807, 2.05) is 0 Å². The Labute approximate surface area is 189 Å². The molecule has 5 heteroatoms. The number of piperidine rings is 1. The average Bonchev–Trinajstić information content (AvgIpc) is 3.10. The number of anilines is 1. The lowest BCUT2D eigenvalue weighted by Crippen LogP contribution is -2.42. The van der Waals surface area contributed by atoms with Gasteiger partial charge in [0.2, 0.25) is 0 Å². The lowest BCUT2D eigenvalue weighted by molar-refractivity contribution is 0.216. The Hall–Kier alpha value is -1.46. The molecule has 3 heterocycles. The summed E-state index contributed by atoms with van der Waals surface area (Å²) in [6, 6.07) is 7.06. The van der Waals surface area contributed by atoms with Crippen molar-refractivity contribution in [2.24, 2.45) is 0 Å². The largest absolute Gasteiger partial charge is 0.494 e. The van der Waals surface area contributed by atoms with E-state index in [0.717, 1.165) is 37.6 Å². The van der Waals surface area contributed by atoms with Gasteiger partial charge in [0.1, 0.15) is 11.5 Å². The van der Waals surface area contributed by atoms with Crippen molar-refractivity contribution < 1.29 is 9.47 Å². The van der Waals surface area contributed by atoms with Crippen LogP contribution in [0.2, 0.25) is 0 Å². The highest BCUT2D eigenvalue weighted by molar-refractivity contribution is 5.62. The fraction of sp³-hybridized carbons (Fsp3) is 0.769.